The van der Waals surface area contributed by atoms with Gasteiger partial charge in [-0.15, -0.1) is 10.2 Å². The molecule has 0 bridgehead atoms. The molecule has 3 aromatic heterocycles. The number of hydrogen-bond acceptors (Lipinski definition) is 8. The van der Waals surface area contributed by atoms with Crippen LogP contribution in [0.5, 0.6) is 0 Å². The molecule has 0 aliphatic rings. The molecule has 2 N–H and O–H groups in total. The largest absolute Gasteiger partial charge is 0.467 e. The molecule has 0 radical (unpaired) electrons. The van der Waals surface area contributed by atoms with Crippen LogP contribution in [0, 0.1) is 0 Å². The van der Waals surface area contributed by atoms with Crippen molar-refractivity contribution in [3.63, 3.8) is 0 Å². The Labute approximate surface area is 153 Å². The van der Waals surface area contributed by atoms with E-state index >= 15 is 0 Å². The van der Waals surface area contributed by atoms with E-state index in [4.69, 9.17) is 4.42 Å². The summed E-state index contributed by atoms with van der Waals surface area (Å²) >= 11 is 2.75. The van der Waals surface area contributed by atoms with Crippen molar-refractivity contribution in [1.29, 1.82) is 0 Å². The second-order valence-corrected chi connectivity index (χ2v) is 7.60. The van der Waals surface area contributed by atoms with Crippen molar-refractivity contribution in [2.75, 3.05) is 16.4 Å². The maximum atomic E-state index is 12.1. The highest BCUT2D eigenvalue weighted by Gasteiger charge is 2.12. The molecule has 25 heavy (non-hydrogen) atoms. The van der Waals surface area contributed by atoms with Gasteiger partial charge in [0.2, 0.25) is 11.0 Å². The number of thioether (sulfide) groups is 1. The molecule has 8 nitrogen and oxygen atoms in total. The van der Waals surface area contributed by atoms with Crippen molar-refractivity contribution < 1.29 is 9.21 Å². The van der Waals surface area contributed by atoms with Gasteiger partial charge in [-0.2, -0.15) is 5.10 Å². The summed E-state index contributed by atoms with van der Waals surface area (Å²) in [7, 11) is 0. The standard InChI is InChI=1S/C15H18N6O2S2/c1-10(2)21-12(5-6-17-21)18-13(22)9-24-15-20-19-14(25-15)16-8-11-4-3-7-23-11/h3-7,10H,8-9H2,1-2H3,(H,16,19)(H,18,22). The first-order valence-electron chi connectivity index (χ1n) is 7.67. The number of hydrogen-bond donors (Lipinski definition) is 2. The highest BCUT2D eigenvalue weighted by Crippen LogP contribution is 2.26. The molecule has 1 amide bonds. The zero-order valence-electron chi connectivity index (χ0n) is 13.8. The third kappa shape index (κ3) is 4.83. The molecule has 0 aromatic carbocycles. The Bertz CT molecular complexity index is 812. The van der Waals surface area contributed by atoms with E-state index in [9.17, 15) is 4.79 Å². The quantitative estimate of drug-likeness (QED) is 0.581. The average Bonchev–Trinajstić information content (AvgIpc) is 3.32. The Hall–Kier alpha value is -2.33. The van der Waals surface area contributed by atoms with Crippen LogP contribution in [-0.4, -0.2) is 31.6 Å². The minimum absolute atomic E-state index is 0.104. The molecule has 0 atom stereocenters. The molecule has 0 fully saturated rings. The number of carbonyl (C=O) groups excluding carboxylic acids is 1. The zero-order valence-corrected chi connectivity index (χ0v) is 15.4. The topological polar surface area (TPSA) is 97.9 Å². The fraction of sp³-hybridized carbons (Fsp3) is 0.333. The summed E-state index contributed by atoms with van der Waals surface area (Å²) in [6.45, 7) is 4.57. The van der Waals surface area contributed by atoms with Gasteiger partial charge in [-0.3, -0.25) is 4.79 Å². The Morgan fingerprint density at radius 1 is 1.40 bits per heavy atom. The van der Waals surface area contributed by atoms with E-state index in [1.807, 2.05) is 26.0 Å². The number of anilines is 2. The lowest BCUT2D eigenvalue weighted by Crippen LogP contribution is -2.18. The van der Waals surface area contributed by atoms with Crippen molar-refractivity contribution >= 4 is 40.0 Å². The van der Waals surface area contributed by atoms with Gasteiger partial charge in [-0.25, -0.2) is 4.68 Å². The van der Waals surface area contributed by atoms with Crippen molar-refractivity contribution in [2.24, 2.45) is 0 Å². The van der Waals surface area contributed by atoms with E-state index in [0.717, 1.165) is 10.1 Å². The second-order valence-electron chi connectivity index (χ2n) is 5.40. The van der Waals surface area contributed by atoms with Gasteiger partial charge in [-0.05, 0) is 26.0 Å². The van der Waals surface area contributed by atoms with Gasteiger partial charge in [0, 0.05) is 12.1 Å². The summed E-state index contributed by atoms with van der Waals surface area (Å²) in [6.07, 6.45) is 3.30. The molecule has 0 saturated carbocycles. The van der Waals surface area contributed by atoms with Gasteiger partial charge >= 0.3 is 0 Å². The minimum atomic E-state index is -0.104. The Kier molecular flexibility index (Phi) is 5.71. The summed E-state index contributed by atoms with van der Waals surface area (Å²) in [5, 5.41) is 19.0. The van der Waals surface area contributed by atoms with Crippen molar-refractivity contribution in [3.8, 4) is 0 Å². The fourth-order valence-electron chi connectivity index (χ4n) is 2.05. The van der Waals surface area contributed by atoms with Crippen LogP contribution in [0.3, 0.4) is 0 Å². The van der Waals surface area contributed by atoms with Crippen LogP contribution >= 0.6 is 23.1 Å². The predicted octanol–water partition coefficient (Wildman–Crippen LogP) is 3.25. The number of nitrogens with one attached hydrogen (secondary N) is 2. The van der Waals surface area contributed by atoms with Gasteiger partial charge in [0.25, 0.3) is 0 Å². The number of amides is 1. The second kappa shape index (κ2) is 8.17. The average molecular weight is 378 g/mol. The third-order valence-corrected chi connectivity index (χ3v) is 5.17. The molecule has 3 heterocycles. The van der Waals surface area contributed by atoms with E-state index in [1.165, 1.54) is 23.1 Å². The van der Waals surface area contributed by atoms with Gasteiger partial charge in [0.1, 0.15) is 11.6 Å². The first-order chi connectivity index (χ1) is 12.1. The molecule has 0 aliphatic heterocycles. The fourth-order valence-corrected chi connectivity index (χ4v) is 3.59. The van der Waals surface area contributed by atoms with Gasteiger partial charge in [-0.1, -0.05) is 23.1 Å². The number of nitrogens with zero attached hydrogens (tertiary/aromatic N) is 4. The number of furan rings is 1. The Morgan fingerprint density at radius 3 is 3.04 bits per heavy atom. The lowest BCUT2D eigenvalue weighted by atomic mass is 10.4. The van der Waals surface area contributed by atoms with Crippen molar-refractivity contribution in [1.82, 2.24) is 20.0 Å². The summed E-state index contributed by atoms with van der Waals surface area (Å²) in [5.74, 6) is 1.67. The molecule has 132 valence electrons. The monoisotopic (exact) mass is 378 g/mol. The van der Waals surface area contributed by atoms with E-state index in [1.54, 1.807) is 23.2 Å². The highest BCUT2D eigenvalue weighted by molar-refractivity contribution is 8.01. The van der Waals surface area contributed by atoms with Crippen LogP contribution in [0.2, 0.25) is 0 Å². The van der Waals surface area contributed by atoms with Crippen LogP contribution in [0.1, 0.15) is 25.6 Å². The van der Waals surface area contributed by atoms with Gasteiger partial charge in [0.05, 0.1) is 24.8 Å². The summed E-state index contributed by atoms with van der Waals surface area (Å²) in [5.41, 5.74) is 0. The van der Waals surface area contributed by atoms with Gasteiger partial charge < -0.3 is 15.1 Å². The first kappa shape index (κ1) is 17.5. The minimum Gasteiger partial charge on any atom is -0.467 e. The summed E-state index contributed by atoms with van der Waals surface area (Å²) in [6, 6.07) is 5.69. The van der Waals surface area contributed by atoms with Gasteiger partial charge in [0.15, 0.2) is 4.34 Å². The molecule has 10 heteroatoms. The molecule has 0 spiro atoms. The SMILES string of the molecule is CC(C)n1nccc1NC(=O)CSc1nnc(NCc2ccco2)s1. The van der Waals surface area contributed by atoms with Crippen LogP contribution < -0.4 is 10.6 Å². The lowest BCUT2D eigenvalue weighted by molar-refractivity contribution is -0.113. The van der Waals surface area contributed by atoms with Crippen LogP contribution in [0.4, 0.5) is 10.9 Å². The molecule has 0 saturated heterocycles. The van der Waals surface area contributed by atoms with Crippen LogP contribution in [0.15, 0.2) is 39.4 Å². The summed E-state index contributed by atoms with van der Waals surface area (Å²) < 4.78 is 7.75. The zero-order chi connectivity index (χ0) is 17.6. The number of rotatable bonds is 8. The Balaban J connectivity index is 1.46. The van der Waals surface area contributed by atoms with E-state index in [0.29, 0.717) is 17.5 Å². The predicted molar refractivity (Wildman–Crippen MR) is 97.9 cm³/mol. The highest BCUT2D eigenvalue weighted by atomic mass is 32.2. The third-order valence-electron chi connectivity index (χ3n) is 3.15. The van der Waals surface area contributed by atoms with Crippen LogP contribution in [-0.2, 0) is 11.3 Å². The first-order valence-corrected chi connectivity index (χ1v) is 9.48. The van der Waals surface area contributed by atoms with E-state index in [-0.39, 0.29) is 17.7 Å². The van der Waals surface area contributed by atoms with E-state index in [2.05, 4.69) is 25.9 Å². The maximum absolute atomic E-state index is 12.1. The normalized spacial score (nSPS) is 11.0. The van der Waals surface area contributed by atoms with Crippen LogP contribution in [0.25, 0.3) is 0 Å². The molecule has 3 rings (SSSR count). The number of carbonyl (C=O) groups is 1. The maximum Gasteiger partial charge on any atom is 0.235 e. The molecule has 0 unspecified atom stereocenters. The molecule has 0 aliphatic carbocycles. The molecule has 3 aromatic rings. The Morgan fingerprint density at radius 2 is 2.28 bits per heavy atom. The number of aromatic nitrogens is 4. The smallest absolute Gasteiger partial charge is 0.235 e. The summed E-state index contributed by atoms with van der Waals surface area (Å²) in [4.78, 5) is 12.1. The molecular weight excluding hydrogens is 360 g/mol. The van der Waals surface area contributed by atoms with Crippen molar-refractivity contribution in [2.45, 2.75) is 30.8 Å². The van der Waals surface area contributed by atoms with Crippen molar-refractivity contribution in [3.05, 3.63) is 36.4 Å². The van der Waals surface area contributed by atoms with E-state index < -0.39 is 0 Å². The lowest BCUT2D eigenvalue weighted by Gasteiger charge is -2.11. The molecular formula is C15H18N6O2S2.